The van der Waals surface area contributed by atoms with Gasteiger partial charge in [0, 0.05) is 25.0 Å². The second-order valence-corrected chi connectivity index (χ2v) is 5.54. The van der Waals surface area contributed by atoms with Crippen LogP contribution in [-0.2, 0) is 14.2 Å². The third-order valence-corrected chi connectivity index (χ3v) is 3.94. The zero-order chi connectivity index (χ0) is 16.2. The van der Waals surface area contributed by atoms with Crippen LogP contribution < -0.4 is 0 Å². The van der Waals surface area contributed by atoms with Crippen LogP contribution in [0.15, 0.2) is 24.5 Å². The average molecular weight is 324 g/mol. The summed E-state index contributed by atoms with van der Waals surface area (Å²) in [5.41, 5.74) is 1.30. The van der Waals surface area contributed by atoms with E-state index >= 15 is 0 Å². The van der Waals surface area contributed by atoms with Crippen molar-refractivity contribution in [3.8, 4) is 0 Å². The van der Waals surface area contributed by atoms with Gasteiger partial charge in [-0.3, -0.25) is 9.88 Å². The lowest BCUT2D eigenvalue weighted by Crippen LogP contribution is -2.27. The molecule has 1 aromatic heterocycles. The van der Waals surface area contributed by atoms with E-state index in [1.807, 2.05) is 18.5 Å². The van der Waals surface area contributed by atoms with Crippen LogP contribution in [0, 0.1) is 0 Å². The van der Waals surface area contributed by atoms with E-state index < -0.39 is 0 Å². The van der Waals surface area contributed by atoms with E-state index in [0.29, 0.717) is 39.1 Å². The summed E-state index contributed by atoms with van der Waals surface area (Å²) in [6.45, 7) is 5.45. The van der Waals surface area contributed by atoms with Crippen molar-refractivity contribution in [2.75, 3.05) is 59.3 Å². The Morgan fingerprint density at radius 1 is 1.09 bits per heavy atom. The molecule has 130 valence electrons. The smallest absolute Gasteiger partial charge is 0.0701 e. The molecule has 0 amide bonds. The van der Waals surface area contributed by atoms with Crippen molar-refractivity contribution in [2.45, 2.75) is 18.9 Å². The normalized spacial score (nSPS) is 18.6. The van der Waals surface area contributed by atoms with Gasteiger partial charge in [0.25, 0.3) is 0 Å². The number of aliphatic hydroxyl groups excluding tert-OH is 1. The van der Waals surface area contributed by atoms with E-state index in [-0.39, 0.29) is 6.61 Å². The van der Waals surface area contributed by atoms with Crippen LogP contribution in [0.4, 0.5) is 0 Å². The van der Waals surface area contributed by atoms with Gasteiger partial charge in [-0.2, -0.15) is 0 Å². The summed E-state index contributed by atoms with van der Waals surface area (Å²) < 4.78 is 16.1. The maximum absolute atomic E-state index is 8.55. The Kier molecular flexibility index (Phi) is 9.13. The first-order valence-corrected chi connectivity index (χ1v) is 8.40. The van der Waals surface area contributed by atoms with Crippen LogP contribution in [0.2, 0.25) is 0 Å². The number of pyridine rings is 1. The molecule has 1 N–H and O–H groups in total. The number of hydrogen-bond donors (Lipinski definition) is 1. The van der Waals surface area contributed by atoms with Crippen LogP contribution in [0.5, 0.6) is 0 Å². The quantitative estimate of drug-likeness (QED) is 0.584. The summed E-state index contributed by atoms with van der Waals surface area (Å²) in [6, 6.07) is 4.64. The number of ether oxygens (including phenoxy) is 3. The van der Waals surface area contributed by atoms with Gasteiger partial charge in [0.15, 0.2) is 0 Å². The molecule has 6 heteroatoms. The minimum absolute atomic E-state index is 0.0552. The van der Waals surface area contributed by atoms with Gasteiger partial charge in [0.1, 0.15) is 0 Å². The van der Waals surface area contributed by atoms with E-state index in [1.54, 1.807) is 0 Å². The first kappa shape index (κ1) is 18.3. The maximum atomic E-state index is 8.55. The Morgan fingerprint density at radius 3 is 2.52 bits per heavy atom. The molecule has 0 aliphatic carbocycles. The van der Waals surface area contributed by atoms with Crippen molar-refractivity contribution < 1.29 is 19.3 Å². The lowest BCUT2D eigenvalue weighted by atomic mass is 10.1. The first-order chi connectivity index (χ1) is 11.4. The van der Waals surface area contributed by atoms with Gasteiger partial charge in [-0.05, 0) is 31.0 Å². The summed E-state index contributed by atoms with van der Waals surface area (Å²) in [7, 11) is 0. The zero-order valence-electron chi connectivity index (χ0n) is 13.7. The highest BCUT2D eigenvalue weighted by Gasteiger charge is 2.25. The van der Waals surface area contributed by atoms with Gasteiger partial charge in [0.2, 0.25) is 0 Å². The van der Waals surface area contributed by atoms with E-state index in [4.69, 9.17) is 19.3 Å². The van der Waals surface area contributed by atoms with Gasteiger partial charge in [-0.1, -0.05) is 6.07 Å². The predicted molar refractivity (Wildman–Crippen MR) is 87.3 cm³/mol. The van der Waals surface area contributed by atoms with Crippen LogP contribution in [0.3, 0.4) is 0 Å². The molecule has 6 nitrogen and oxygen atoms in total. The highest BCUT2D eigenvalue weighted by atomic mass is 16.5. The summed E-state index contributed by atoms with van der Waals surface area (Å²) >= 11 is 0. The van der Waals surface area contributed by atoms with Crippen molar-refractivity contribution >= 4 is 0 Å². The molecule has 0 radical (unpaired) electrons. The summed E-state index contributed by atoms with van der Waals surface area (Å²) in [5.74, 6) is 0. The minimum atomic E-state index is 0.0552. The van der Waals surface area contributed by atoms with E-state index in [2.05, 4.69) is 16.0 Å². The summed E-state index contributed by atoms with van der Waals surface area (Å²) in [4.78, 5) is 6.69. The Morgan fingerprint density at radius 2 is 1.83 bits per heavy atom. The Balaban J connectivity index is 1.51. The highest BCUT2D eigenvalue weighted by molar-refractivity contribution is 5.15. The fourth-order valence-electron chi connectivity index (χ4n) is 2.83. The Hall–Kier alpha value is -1.05. The lowest BCUT2D eigenvalue weighted by molar-refractivity contribution is 0.00412. The number of rotatable bonds is 12. The van der Waals surface area contributed by atoms with Gasteiger partial charge in [-0.25, -0.2) is 0 Å². The lowest BCUT2D eigenvalue weighted by Gasteiger charge is -2.24. The molecule has 2 heterocycles. The number of nitrogens with zero attached hydrogens (tertiary/aromatic N) is 2. The molecule has 2 rings (SSSR count). The minimum Gasteiger partial charge on any atom is -0.394 e. The van der Waals surface area contributed by atoms with Gasteiger partial charge in [-0.15, -0.1) is 0 Å². The topological polar surface area (TPSA) is 64.1 Å². The number of aromatic nitrogens is 1. The van der Waals surface area contributed by atoms with Gasteiger partial charge in [0.05, 0.1) is 46.2 Å². The first-order valence-electron chi connectivity index (χ1n) is 8.40. The number of likely N-dealkylation sites (tertiary alicyclic amines) is 1. The summed E-state index contributed by atoms with van der Waals surface area (Å²) in [5, 5.41) is 8.55. The molecule has 0 bridgehead atoms. The molecular weight excluding hydrogens is 296 g/mol. The predicted octanol–water partition coefficient (Wildman–Crippen LogP) is 1.26. The fraction of sp³-hybridized carbons (Fsp3) is 0.706. The van der Waals surface area contributed by atoms with Crippen molar-refractivity contribution in [3.05, 3.63) is 30.1 Å². The molecule has 1 aliphatic rings. The standard InChI is InChI=1S/C17H28N2O4/c20-8-10-22-12-14-23-13-11-21-9-7-19-6-2-4-17(19)16-3-1-5-18-15-16/h1,3,5,15,17,20H,2,4,6-14H2. The third-order valence-electron chi connectivity index (χ3n) is 3.94. The van der Waals surface area contributed by atoms with Crippen LogP contribution in [0.25, 0.3) is 0 Å². The van der Waals surface area contributed by atoms with Crippen molar-refractivity contribution in [1.82, 2.24) is 9.88 Å². The molecule has 1 aliphatic heterocycles. The van der Waals surface area contributed by atoms with Gasteiger partial charge >= 0.3 is 0 Å². The Labute approximate surface area is 138 Å². The monoisotopic (exact) mass is 324 g/mol. The largest absolute Gasteiger partial charge is 0.394 e. The molecule has 0 saturated carbocycles. The zero-order valence-corrected chi connectivity index (χ0v) is 13.7. The molecule has 1 atom stereocenters. The van der Waals surface area contributed by atoms with Crippen molar-refractivity contribution in [3.63, 3.8) is 0 Å². The van der Waals surface area contributed by atoms with Crippen molar-refractivity contribution in [1.29, 1.82) is 0 Å². The number of aliphatic hydroxyl groups is 1. The molecule has 1 fully saturated rings. The van der Waals surface area contributed by atoms with Crippen molar-refractivity contribution in [2.24, 2.45) is 0 Å². The highest BCUT2D eigenvalue weighted by Crippen LogP contribution is 2.30. The van der Waals surface area contributed by atoms with E-state index in [9.17, 15) is 0 Å². The number of hydrogen-bond acceptors (Lipinski definition) is 6. The molecule has 1 aromatic rings. The fourth-order valence-corrected chi connectivity index (χ4v) is 2.83. The molecule has 23 heavy (non-hydrogen) atoms. The van der Waals surface area contributed by atoms with Gasteiger partial charge < -0.3 is 19.3 Å². The molecule has 1 saturated heterocycles. The molecule has 1 unspecified atom stereocenters. The maximum Gasteiger partial charge on any atom is 0.0701 e. The Bertz CT molecular complexity index is 405. The average Bonchev–Trinajstić information content (AvgIpc) is 3.06. The van der Waals surface area contributed by atoms with E-state index in [1.165, 1.54) is 18.4 Å². The molecule has 0 aromatic carbocycles. The van der Waals surface area contributed by atoms with Crippen LogP contribution >= 0.6 is 0 Å². The summed E-state index contributed by atoms with van der Waals surface area (Å²) in [6.07, 6.45) is 6.22. The van der Waals surface area contributed by atoms with E-state index in [0.717, 1.165) is 19.7 Å². The van der Waals surface area contributed by atoms with Crippen LogP contribution in [-0.4, -0.2) is 74.3 Å². The second-order valence-electron chi connectivity index (χ2n) is 5.54. The second kappa shape index (κ2) is 11.5. The molecular formula is C17H28N2O4. The molecule has 0 spiro atoms. The SMILES string of the molecule is OCCOCCOCCOCCN1CCCC1c1cccnc1. The third kappa shape index (κ3) is 6.93. The van der Waals surface area contributed by atoms with Crippen LogP contribution in [0.1, 0.15) is 24.4 Å².